The van der Waals surface area contributed by atoms with Gasteiger partial charge in [0.2, 0.25) is 0 Å². The van der Waals surface area contributed by atoms with E-state index >= 15 is 0 Å². The van der Waals surface area contributed by atoms with Gasteiger partial charge in [0.05, 0.1) is 11.0 Å². The molecule has 1 aromatic rings. The van der Waals surface area contributed by atoms with Crippen LogP contribution in [0.4, 0.5) is 0 Å². The van der Waals surface area contributed by atoms with Crippen molar-refractivity contribution in [3.05, 3.63) is 35.4 Å². The Morgan fingerprint density at radius 3 is 2.75 bits per heavy atom. The molecule has 20 heavy (non-hydrogen) atoms. The molecule has 2 unspecified atom stereocenters. The van der Waals surface area contributed by atoms with Crippen molar-refractivity contribution in [1.82, 2.24) is 5.32 Å². The Labute approximate surface area is 121 Å². The molecule has 0 bridgehead atoms. The Kier molecular flexibility index (Phi) is 4.13. The second kappa shape index (κ2) is 5.86. The van der Waals surface area contributed by atoms with Crippen LogP contribution in [-0.2, 0) is 16.3 Å². The van der Waals surface area contributed by atoms with Crippen molar-refractivity contribution in [1.29, 1.82) is 0 Å². The summed E-state index contributed by atoms with van der Waals surface area (Å²) in [5.74, 6) is 0.376. The zero-order chi connectivity index (χ0) is 14.0. The maximum Gasteiger partial charge on any atom is 0.154 e. The van der Waals surface area contributed by atoms with Gasteiger partial charge in [0.25, 0.3) is 0 Å². The van der Waals surface area contributed by atoms with Crippen LogP contribution in [0.1, 0.15) is 49.3 Å². The van der Waals surface area contributed by atoms with Crippen LogP contribution in [0.2, 0.25) is 0 Å². The van der Waals surface area contributed by atoms with E-state index in [4.69, 9.17) is 0 Å². The summed E-state index contributed by atoms with van der Waals surface area (Å²) in [5, 5.41) is 3.37. The predicted molar refractivity (Wildman–Crippen MR) is 81.5 cm³/mol. The Bertz CT molecular complexity index is 568. The lowest BCUT2D eigenvalue weighted by Crippen LogP contribution is -2.33. The quantitative estimate of drug-likeness (QED) is 0.871. The third-order valence-corrected chi connectivity index (χ3v) is 6.95. The number of nitrogens with one attached hydrogen (secondary N) is 1. The molecule has 3 nitrogen and oxygen atoms in total. The van der Waals surface area contributed by atoms with Gasteiger partial charge < -0.3 is 5.32 Å². The zero-order valence-corrected chi connectivity index (χ0v) is 12.7. The minimum absolute atomic E-state index is 0.169. The summed E-state index contributed by atoms with van der Waals surface area (Å²) in [5.41, 5.74) is 2.80. The molecule has 4 heteroatoms. The Hall–Kier alpha value is -0.870. The second-order valence-corrected chi connectivity index (χ2v) is 8.44. The summed E-state index contributed by atoms with van der Waals surface area (Å²) in [4.78, 5) is 0. The van der Waals surface area contributed by atoms with Crippen LogP contribution in [0.5, 0.6) is 0 Å². The molecule has 1 aliphatic heterocycles. The third-order valence-electron chi connectivity index (χ3n) is 4.67. The Balaban J connectivity index is 1.71. The minimum atomic E-state index is -2.84. The fourth-order valence-corrected chi connectivity index (χ4v) is 5.27. The predicted octanol–water partition coefficient (Wildman–Crippen LogP) is 2.62. The fraction of sp³-hybridized carbons (Fsp3) is 0.625. The largest absolute Gasteiger partial charge is 0.309 e. The van der Waals surface area contributed by atoms with Crippen molar-refractivity contribution in [2.45, 2.75) is 49.8 Å². The maximum atomic E-state index is 11.9. The first kappa shape index (κ1) is 14.1. The highest BCUT2D eigenvalue weighted by atomic mass is 32.2. The monoisotopic (exact) mass is 293 g/mol. The van der Waals surface area contributed by atoms with Crippen LogP contribution in [0.25, 0.3) is 0 Å². The van der Waals surface area contributed by atoms with Crippen molar-refractivity contribution in [3.63, 3.8) is 0 Å². The van der Waals surface area contributed by atoms with E-state index in [0.29, 0.717) is 18.3 Å². The highest BCUT2D eigenvalue weighted by Gasteiger charge is 2.31. The summed E-state index contributed by atoms with van der Waals surface area (Å²) in [7, 11) is -2.84. The molecule has 2 atom stereocenters. The maximum absolute atomic E-state index is 11.9. The lowest BCUT2D eigenvalue weighted by molar-refractivity contribution is 0.479. The normalized spacial score (nSPS) is 28.8. The number of rotatable bonds is 3. The molecule has 0 amide bonds. The highest BCUT2D eigenvalue weighted by Crippen LogP contribution is 2.29. The summed E-state index contributed by atoms with van der Waals surface area (Å²) in [6, 6.07) is 8.92. The van der Waals surface area contributed by atoms with Gasteiger partial charge in [0, 0.05) is 12.6 Å². The van der Waals surface area contributed by atoms with Crippen LogP contribution in [0, 0.1) is 0 Å². The molecular weight excluding hydrogens is 270 g/mol. The minimum Gasteiger partial charge on any atom is -0.309 e. The number of benzene rings is 1. The van der Waals surface area contributed by atoms with Crippen molar-refractivity contribution in [2.24, 2.45) is 0 Å². The van der Waals surface area contributed by atoms with E-state index in [1.807, 2.05) is 0 Å². The average Bonchev–Trinajstić information content (AvgIpc) is 2.66. The van der Waals surface area contributed by atoms with Crippen molar-refractivity contribution >= 4 is 9.84 Å². The summed E-state index contributed by atoms with van der Waals surface area (Å²) < 4.78 is 23.8. The molecule has 1 aliphatic carbocycles. The van der Waals surface area contributed by atoms with Crippen LogP contribution in [0.15, 0.2) is 24.3 Å². The van der Waals surface area contributed by atoms with Gasteiger partial charge in [0.1, 0.15) is 0 Å². The van der Waals surface area contributed by atoms with E-state index in [9.17, 15) is 8.42 Å². The molecule has 2 aliphatic rings. The molecule has 1 N–H and O–H groups in total. The van der Waals surface area contributed by atoms with Crippen LogP contribution >= 0.6 is 0 Å². The van der Waals surface area contributed by atoms with Crippen LogP contribution in [0.3, 0.4) is 0 Å². The smallest absolute Gasteiger partial charge is 0.154 e. The highest BCUT2D eigenvalue weighted by molar-refractivity contribution is 7.92. The van der Waals surface area contributed by atoms with E-state index < -0.39 is 9.84 Å². The topological polar surface area (TPSA) is 46.2 Å². The van der Waals surface area contributed by atoms with Gasteiger partial charge in [-0.2, -0.15) is 0 Å². The molecule has 110 valence electrons. The molecule has 0 radical (unpaired) electrons. The molecule has 0 saturated carbocycles. The van der Waals surface area contributed by atoms with Gasteiger partial charge in [-0.05, 0) is 43.2 Å². The van der Waals surface area contributed by atoms with Gasteiger partial charge in [-0.15, -0.1) is 0 Å². The molecule has 3 rings (SSSR count). The molecule has 1 aromatic carbocycles. The first-order chi connectivity index (χ1) is 9.67. The van der Waals surface area contributed by atoms with Gasteiger partial charge in [0.15, 0.2) is 9.84 Å². The summed E-state index contributed by atoms with van der Waals surface area (Å²) in [6.07, 6.45) is 6.36. The van der Waals surface area contributed by atoms with Crippen molar-refractivity contribution in [3.8, 4) is 0 Å². The van der Waals surface area contributed by atoms with Gasteiger partial charge in [-0.3, -0.25) is 0 Å². The molecule has 1 saturated heterocycles. The standard InChI is InChI=1S/C16H23NO2S/c18-20(19)11-5-8-14(20)12-17-16-10-4-2-7-13-6-1-3-9-15(13)16/h1,3,6,9,14,16-17H,2,4-5,7-8,10-12H2. The molecule has 1 fully saturated rings. The number of hydrogen-bond acceptors (Lipinski definition) is 3. The van der Waals surface area contributed by atoms with E-state index in [-0.39, 0.29) is 5.25 Å². The summed E-state index contributed by atoms with van der Waals surface area (Å²) in [6.45, 7) is 0.612. The first-order valence-corrected chi connectivity index (χ1v) is 9.41. The second-order valence-electron chi connectivity index (χ2n) is 6.04. The first-order valence-electron chi connectivity index (χ1n) is 7.69. The van der Waals surface area contributed by atoms with Crippen molar-refractivity contribution < 1.29 is 8.42 Å². The van der Waals surface area contributed by atoms with Crippen LogP contribution in [-0.4, -0.2) is 26.0 Å². The SMILES string of the molecule is O=S1(=O)CCCC1CNC1CCCCc2ccccc21. The average molecular weight is 293 g/mol. The van der Waals surface area contributed by atoms with Gasteiger partial charge >= 0.3 is 0 Å². The van der Waals surface area contributed by atoms with Gasteiger partial charge in [-0.25, -0.2) is 8.42 Å². The van der Waals surface area contributed by atoms with E-state index in [1.54, 1.807) is 0 Å². The fourth-order valence-electron chi connectivity index (χ4n) is 3.49. The summed E-state index contributed by atoms with van der Waals surface area (Å²) >= 11 is 0. The van der Waals surface area contributed by atoms with E-state index in [0.717, 1.165) is 25.7 Å². The molecular formula is C16H23NO2S. The van der Waals surface area contributed by atoms with Gasteiger partial charge in [-0.1, -0.05) is 30.7 Å². The van der Waals surface area contributed by atoms with Crippen molar-refractivity contribution in [2.75, 3.05) is 12.3 Å². The number of hydrogen-bond donors (Lipinski definition) is 1. The lowest BCUT2D eigenvalue weighted by atomic mass is 9.99. The van der Waals surface area contributed by atoms with Crippen LogP contribution < -0.4 is 5.32 Å². The number of fused-ring (bicyclic) bond motifs is 1. The molecule has 0 spiro atoms. The zero-order valence-electron chi connectivity index (χ0n) is 11.8. The Morgan fingerprint density at radius 2 is 1.95 bits per heavy atom. The number of aryl methyl sites for hydroxylation is 1. The van der Waals surface area contributed by atoms with E-state index in [2.05, 4.69) is 29.6 Å². The Morgan fingerprint density at radius 1 is 1.10 bits per heavy atom. The molecule has 1 heterocycles. The van der Waals surface area contributed by atoms with E-state index in [1.165, 1.54) is 24.0 Å². The third kappa shape index (κ3) is 2.91. The lowest BCUT2D eigenvalue weighted by Gasteiger charge is -2.21. The molecule has 0 aromatic heterocycles. The number of sulfone groups is 1.